The summed E-state index contributed by atoms with van der Waals surface area (Å²) < 4.78 is 0. The molecule has 3 N–H and O–H groups in total. The Morgan fingerprint density at radius 1 is 1.33 bits per heavy atom. The zero-order chi connectivity index (χ0) is 12.7. The summed E-state index contributed by atoms with van der Waals surface area (Å²) in [4.78, 5) is 14.1. The van der Waals surface area contributed by atoms with E-state index in [1.165, 1.54) is 0 Å². The molecule has 0 radical (unpaired) electrons. The van der Waals surface area contributed by atoms with Crippen LogP contribution in [0, 0.1) is 11.8 Å². The van der Waals surface area contributed by atoms with E-state index >= 15 is 0 Å². The summed E-state index contributed by atoms with van der Waals surface area (Å²) in [7, 11) is 0. The van der Waals surface area contributed by atoms with Gasteiger partial charge >= 0.3 is 0 Å². The molecule has 0 bridgehead atoms. The van der Waals surface area contributed by atoms with Crippen LogP contribution in [0.4, 0.5) is 5.82 Å². The monoisotopic (exact) mass is 245 g/mol. The first-order valence-corrected chi connectivity index (χ1v) is 6.45. The van der Waals surface area contributed by atoms with E-state index in [2.05, 4.69) is 33.7 Å². The largest absolute Gasteiger partial charge is 0.354 e. The highest BCUT2D eigenvalue weighted by atomic mass is 15.2. The van der Waals surface area contributed by atoms with Crippen molar-refractivity contribution >= 4 is 16.9 Å². The highest BCUT2D eigenvalue weighted by Crippen LogP contribution is 2.28. The van der Waals surface area contributed by atoms with Crippen LogP contribution in [0.1, 0.15) is 13.8 Å². The van der Waals surface area contributed by atoms with Gasteiger partial charge in [0, 0.05) is 25.3 Å². The first-order valence-electron chi connectivity index (χ1n) is 6.45. The van der Waals surface area contributed by atoms with E-state index in [1.807, 2.05) is 12.3 Å². The molecule has 2 aromatic heterocycles. The van der Waals surface area contributed by atoms with Gasteiger partial charge in [-0.3, -0.25) is 0 Å². The van der Waals surface area contributed by atoms with Gasteiger partial charge in [0.2, 0.25) is 0 Å². The highest BCUT2D eigenvalue weighted by molar-refractivity contribution is 5.87. The second kappa shape index (κ2) is 4.24. The van der Waals surface area contributed by atoms with Gasteiger partial charge in [0.25, 0.3) is 0 Å². The van der Waals surface area contributed by atoms with Crippen molar-refractivity contribution in [2.24, 2.45) is 17.6 Å². The van der Waals surface area contributed by atoms with Crippen molar-refractivity contribution in [2.45, 2.75) is 19.9 Å². The maximum absolute atomic E-state index is 6.22. The van der Waals surface area contributed by atoms with E-state index in [0.717, 1.165) is 29.9 Å². The molecule has 1 saturated heterocycles. The molecule has 3 heterocycles. The molecule has 0 aliphatic carbocycles. The average molecular weight is 245 g/mol. The fraction of sp³-hybridized carbons (Fsp3) is 0.538. The van der Waals surface area contributed by atoms with Gasteiger partial charge in [-0.25, -0.2) is 9.97 Å². The molecule has 0 amide bonds. The highest BCUT2D eigenvalue weighted by Gasteiger charge is 2.30. The summed E-state index contributed by atoms with van der Waals surface area (Å²) in [5, 5.41) is 1.08. The summed E-state index contributed by atoms with van der Waals surface area (Å²) in [6.45, 7) is 6.36. The molecule has 2 aromatic rings. The number of nitrogens with one attached hydrogen (secondary N) is 1. The maximum atomic E-state index is 6.22. The van der Waals surface area contributed by atoms with Gasteiger partial charge < -0.3 is 15.6 Å². The molecule has 96 valence electrons. The number of piperidine rings is 1. The lowest BCUT2D eigenvalue weighted by molar-refractivity contribution is 0.283. The standard InChI is InChI=1S/C13H19N5/c1-8-5-18(6-11(14)9(8)2)13-10-3-4-15-12(10)16-7-17-13/h3-4,7-9,11H,5-6,14H2,1-2H3,(H,15,16,17). The number of rotatable bonds is 1. The Morgan fingerprint density at radius 3 is 2.94 bits per heavy atom. The van der Waals surface area contributed by atoms with Gasteiger partial charge in [0.1, 0.15) is 17.8 Å². The Bertz CT molecular complexity index is 537. The van der Waals surface area contributed by atoms with Gasteiger partial charge in [-0.1, -0.05) is 13.8 Å². The van der Waals surface area contributed by atoms with Crippen LogP contribution in [-0.2, 0) is 0 Å². The molecule has 5 nitrogen and oxygen atoms in total. The number of hydrogen-bond donors (Lipinski definition) is 2. The van der Waals surface area contributed by atoms with Gasteiger partial charge in [0.05, 0.1) is 5.39 Å². The number of nitrogens with two attached hydrogens (primary N) is 1. The van der Waals surface area contributed by atoms with Crippen LogP contribution < -0.4 is 10.6 Å². The normalized spacial score (nSPS) is 28.8. The van der Waals surface area contributed by atoms with Crippen molar-refractivity contribution in [2.75, 3.05) is 18.0 Å². The molecule has 0 spiro atoms. The molecular formula is C13H19N5. The molecule has 18 heavy (non-hydrogen) atoms. The Labute approximate surface area is 106 Å². The van der Waals surface area contributed by atoms with Crippen molar-refractivity contribution in [3.63, 3.8) is 0 Å². The SMILES string of the molecule is CC1CN(c2ncnc3[nH]ccc23)CC(N)C1C. The van der Waals surface area contributed by atoms with Crippen LogP contribution >= 0.6 is 0 Å². The second-order valence-corrected chi connectivity index (χ2v) is 5.34. The van der Waals surface area contributed by atoms with Gasteiger partial charge in [-0.2, -0.15) is 0 Å². The van der Waals surface area contributed by atoms with Crippen LogP contribution in [0.3, 0.4) is 0 Å². The maximum Gasteiger partial charge on any atom is 0.142 e. The lowest BCUT2D eigenvalue weighted by atomic mass is 9.85. The molecule has 3 rings (SSSR count). The minimum Gasteiger partial charge on any atom is -0.354 e. The summed E-state index contributed by atoms with van der Waals surface area (Å²) in [6, 6.07) is 2.23. The number of nitrogens with zero attached hydrogens (tertiary/aromatic N) is 3. The fourth-order valence-corrected chi connectivity index (χ4v) is 2.71. The molecular weight excluding hydrogens is 226 g/mol. The van der Waals surface area contributed by atoms with Gasteiger partial charge in [-0.05, 0) is 17.9 Å². The van der Waals surface area contributed by atoms with Crippen molar-refractivity contribution in [1.29, 1.82) is 0 Å². The smallest absolute Gasteiger partial charge is 0.142 e. The zero-order valence-electron chi connectivity index (χ0n) is 10.8. The number of fused-ring (bicyclic) bond motifs is 1. The van der Waals surface area contributed by atoms with E-state index in [0.29, 0.717) is 11.8 Å². The fourth-order valence-electron chi connectivity index (χ4n) is 2.71. The van der Waals surface area contributed by atoms with Crippen LogP contribution in [0.5, 0.6) is 0 Å². The molecule has 3 unspecified atom stereocenters. The summed E-state index contributed by atoms with van der Waals surface area (Å²) in [6.07, 6.45) is 3.52. The lowest BCUT2D eigenvalue weighted by Gasteiger charge is -2.40. The van der Waals surface area contributed by atoms with E-state index in [-0.39, 0.29) is 6.04 Å². The van der Waals surface area contributed by atoms with Gasteiger partial charge in [-0.15, -0.1) is 0 Å². The minimum atomic E-state index is 0.206. The van der Waals surface area contributed by atoms with Crippen molar-refractivity contribution in [3.8, 4) is 0 Å². The van der Waals surface area contributed by atoms with Crippen molar-refractivity contribution < 1.29 is 0 Å². The second-order valence-electron chi connectivity index (χ2n) is 5.34. The Kier molecular flexibility index (Phi) is 2.70. The number of aromatic nitrogens is 3. The van der Waals surface area contributed by atoms with E-state index in [4.69, 9.17) is 5.73 Å². The Hall–Kier alpha value is -1.62. The number of H-pyrrole nitrogens is 1. The van der Waals surface area contributed by atoms with E-state index < -0.39 is 0 Å². The quantitative estimate of drug-likeness (QED) is 0.796. The first-order chi connectivity index (χ1) is 8.66. The molecule has 1 aliphatic heterocycles. The Morgan fingerprint density at radius 2 is 2.17 bits per heavy atom. The number of aromatic amines is 1. The summed E-state index contributed by atoms with van der Waals surface area (Å²) in [5.74, 6) is 2.14. The lowest BCUT2D eigenvalue weighted by Crippen LogP contribution is -2.51. The van der Waals surface area contributed by atoms with Crippen molar-refractivity contribution in [1.82, 2.24) is 15.0 Å². The Balaban J connectivity index is 1.97. The van der Waals surface area contributed by atoms with Crippen LogP contribution in [-0.4, -0.2) is 34.1 Å². The van der Waals surface area contributed by atoms with E-state index in [1.54, 1.807) is 6.33 Å². The van der Waals surface area contributed by atoms with E-state index in [9.17, 15) is 0 Å². The third-order valence-electron chi connectivity index (χ3n) is 4.14. The summed E-state index contributed by atoms with van der Waals surface area (Å²) >= 11 is 0. The molecule has 1 aliphatic rings. The predicted molar refractivity (Wildman–Crippen MR) is 72.4 cm³/mol. The molecule has 0 saturated carbocycles. The van der Waals surface area contributed by atoms with Crippen LogP contribution in [0.2, 0.25) is 0 Å². The average Bonchev–Trinajstić information content (AvgIpc) is 2.83. The van der Waals surface area contributed by atoms with Crippen LogP contribution in [0.25, 0.3) is 11.0 Å². The minimum absolute atomic E-state index is 0.206. The van der Waals surface area contributed by atoms with Gasteiger partial charge in [0.15, 0.2) is 0 Å². The summed E-state index contributed by atoms with van der Waals surface area (Å²) in [5.41, 5.74) is 7.11. The number of anilines is 1. The third kappa shape index (κ3) is 1.75. The van der Waals surface area contributed by atoms with Crippen LogP contribution in [0.15, 0.2) is 18.6 Å². The molecule has 1 fully saturated rings. The predicted octanol–water partition coefficient (Wildman–Crippen LogP) is 1.38. The topological polar surface area (TPSA) is 70.8 Å². The molecule has 5 heteroatoms. The zero-order valence-corrected chi connectivity index (χ0v) is 10.8. The number of hydrogen-bond acceptors (Lipinski definition) is 4. The first kappa shape index (κ1) is 11.5. The molecule has 0 aromatic carbocycles. The third-order valence-corrected chi connectivity index (χ3v) is 4.14. The molecule has 3 atom stereocenters. The van der Waals surface area contributed by atoms with Crippen molar-refractivity contribution in [3.05, 3.63) is 18.6 Å².